The fourth-order valence-corrected chi connectivity index (χ4v) is 3.35. The van der Waals surface area contributed by atoms with E-state index in [1.165, 1.54) is 31.2 Å². The normalized spacial score (nSPS) is 20.1. The Bertz CT molecular complexity index is 917. The first kappa shape index (κ1) is 20.0. The van der Waals surface area contributed by atoms with Crippen molar-refractivity contribution in [1.82, 2.24) is 15.5 Å². The van der Waals surface area contributed by atoms with Crippen LogP contribution in [0.25, 0.3) is 0 Å². The highest BCUT2D eigenvalue weighted by Crippen LogP contribution is 2.28. The molecule has 146 valence electrons. The Kier molecular flexibility index (Phi) is 5.51. The second kappa shape index (κ2) is 7.71. The molecule has 28 heavy (non-hydrogen) atoms. The van der Waals surface area contributed by atoms with Crippen molar-refractivity contribution < 1.29 is 18.8 Å². The summed E-state index contributed by atoms with van der Waals surface area (Å²) in [6.45, 7) is 2.95. The van der Waals surface area contributed by atoms with E-state index in [2.05, 4.69) is 26.6 Å². The highest BCUT2D eigenvalue weighted by Gasteiger charge is 2.49. The van der Waals surface area contributed by atoms with Crippen LogP contribution in [-0.4, -0.2) is 29.3 Å². The van der Waals surface area contributed by atoms with Gasteiger partial charge in [-0.15, -0.1) is 0 Å². The first-order chi connectivity index (χ1) is 13.2. The summed E-state index contributed by atoms with van der Waals surface area (Å²) in [6.07, 6.45) is 0. The average Bonchev–Trinajstić information content (AvgIpc) is 2.86. The van der Waals surface area contributed by atoms with Crippen molar-refractivity contribution in [3.63, 3.8) is 0 Å². The van der Waals surface area contributed by atoms with Crippen LogP contribution in [0.2, 0.25) is 0 Å². The molecule has 1 heterocycles. The summed E-state index contributed by atoms with van der Waals surface area (Å²) < 4.78 is 14.1. The van der Waals surface area contributed by atoms with E-state index in [-0.39, 0.29) is 6.04 Å². The zero-order chi connectivity index (χ0) is 20.5. The van der Waals surface area contributed by atoms with Crippen molar-refractivity contribution in [2.24, 2.45) is 0 Å². The van der Waals surface area contributed by atoms with Gasteiger partial charge in [-0.1, -0.05) is 40.2 Å². The summed E-state index contributed by atoms with van der Waals surface area (Å²) in [6, 6.07) is 11.8. The van der Waals surface area contributed by atoms with Crippen LogP contribution in [0.5, 0.6) is 0 Å². The lowest BCUT2D eigenvalue weighted by atomic mass is 9.92. The number of rotatable bonds is 5. The largest absolute Gasteiger partial charge is 0.348 e. The maximum atomic E-state index is 13.2. The molecular weight excluding hydrogens is 429 g/mol. The van der Waals surface area contributed by atoms with E-state index in [1.807, 2.05) is 31.2 Å². The van der Waals surface area contributed by atoms with Gasteiger partial charge in [0.1, 0.15) is 17.9 Å². The van der Waals surface area contributed by atoms with Gasteiger partial charge in [0.2, 0.25) is 5.91 Å². The van der Waals surface area contributed by atoms with E-state index in [9.17, 15) is 18.8 Å². The van der Waals surface area contributed by atoms with Crippen molar-refractivity contribution in [3.05, 3.63) is 69.9 Å². The monoisotopic (exact) mass is 447 g/mol. The first-order valence-corrected chi connectivity index (χ1v) is 9.45. The number of imide groups is 1. The number of carbonyl (C=O) groups is 3. The number of nitrogens with zero attached hydrogens (tertiary/aromatic N) is 1. The van der Waals surface area contributed by atoms with Crippen LogP contribution >= 0.6 is 15.9 Å². The van der Waals surface area contributed by atoms with Gasteiger partial charge in [0.25, 0.3) is 5.91 Å². The van der Waals surface area contributed by atoms with Crippen LogP contribution in [0.1, 0.15) is 31.0 Å². The molecule has 1 fully saturated rings. The number of carbonyl (C=O) groups excluding carboxylic acids is 3. The van der Waals surface area contributed by atoms with Crippen molar-refractivity contribution in [2.75, 3.05) is 6.54 Å². The Morgan fingerprint density at radius 2 is 1.79 bits per heavy atom. The third-order valence-electron chi connectivity index (χ3n) is 4.75. The Morgan fingerprint density at radius 1 is 1.18 bits per heavy atom. The number of nitrogens with one attached hydrogen (secondary N) is 2. The van der Waals surface area contributed by atoms with E-state index in [1.54, 1.807) is 0 Å². The van der Waals surface area contributed by atoms with Gasteiger partial charge in [0.15, 0.2) is 0 Å². The summed E-state index contributed by atoms with van der Waals surface area (Å²) in [5, 5.41) is 5.37. The topological polar surface area (TPSA) is 78.5 Å². The Hall–Kier alpha value is -2.74. The fourth-order valence-electron chi connectivity index (χ4n) is 3.08. The summed E-state index contributed by atoms with van der Waals surface area (Å²) in [5.41, 5.74) is -0.00848. The number of urea groups is 1. The second-order valence-electron chi connectivity index (χ2n) is 6.79. The molecule has 0 bridgehead atoms. The van der Waals surface area contributed by atoms with Crippen LogP contribution in [0.15, 0.2) is 53.0 Å². The van der Waals surface area contributed by atoms with Crippen LogP contribution in [-0.2, 0) is 15.1 Å². The summed E-state index contributed by atoms with van der Waals surface area (Å²) in [4.78, 5) is 38.4. The van der Waals surface area contributed by atoms with E-state index >= 15 is 0 Å². The molecule has 8 heteroatoms. The minimum absolute atomic E-state index is 0.287. The molecule has 1 aliphatic rings. The standard InChI is InChI=1S/C20H19BrFN3O3/c1-12(13-3-7-15(21)8-4-13)23-17(26)11-25-18(27)20(2,24-19(25)28)14-5-9-16(22)10-6-14/h3-10,12H,11H2,1-2H3,(H,23,26)(H,24,28). The molecule has 0 radical (unpaired) electrons. The minimum Gasteiger partial charge on any atom is -0.348 e. The summed E-state index contributed by atoms with van der Waals surface area (Å²) >= 11 is 3.35. The van der Waals surface area contributed by atoms with Gasteiger partial charge in [-0.05, 0) is 49.2 Å². The van der Waals surface area contributed by atoms with E-state index in [0.29, 0.717) is 5.56 Å². The van der Waals surface area contributed by atoms with Crippen LogP contribution < -0.4 is 10.6 Å². The number of amides is 4. The molecule has 2 N–H and O–H groups in total. The maximum absolute atomic E-state index is 13.2. The maximum Gasteiger partial charge on any atom is 0.325 e. The van der Waals surface area contributed by atoms with Crippen LogP contribution in [0, 0.1) is 5.82 Å². The minimum atomic E-state index is -1.34. The lowest BCUT2D eigenvalue weighted by Crippen LogP contribution is -2.43. The van der Waals surface area contributed by atoms with Gasteiger partial charge in [-0.3, -0.25) is 14.5 Å². The zero-order valence-electron chi connectivity index (χ0n) is 15.3. The highest BCUT2D eigenvalue weighted by molar-refractivity contribution is 9.10. The van der Waals surface area contributed by atoms with Gasteiger partial charge >= 0.3 is 6.03 Å². The van der Waals surface area contributed by atoms with Crippen molar-refractivity contribution >= 4 is 33.8 Å². The molecular formula is C20H19BrFN3O3. The smallest absolute Gasteiger partial charge is 0.325 e. The molecule has 0 aliphatic carbocycles. The molecule has 2 unspecified atom stereocenters. The van der Waals surface area contributed by atoms with Crippen LogP contribution in [0.4, 0.5) is 9.18 Å². The van der Waals surface area contributed by atoms with Crippen LogP contribution in [0.3, 0.4) is 0 Å². The molecule has 0 saturated carbocycles. The molecule has 0 spiro atoms. The third-order valence-corrected chi connectivity index (χ3v) is 5.27. The molecule has 4 amide bonds. The van der Waals surface area contributed by atoms with Gasteiger partial charge in [-0.25, -0.2) is 9.18 Å². The number of hydrogen-bond acceptors (Lipinski definition) is 3. The first-order valence-electron chi connectivity index (χ1n) is 8.65. The van der Waals surface area contributed by atoms with Crippen molar-refractivity contribution in [3.8, 4) is 0 Å². The van der Waals surface area contributed by atoms with Gasteiger partial charge in [0.05, 0.1) is 6.04 Å². The quantitative estimate of drug-likeness (QED) is 0.690. The predicted octanol–water partition coefficient (Wildman–Crippen LogP) is 3.23. The lowest BCUT2D eigenvalue weighted by molar-refractivity contribution is -0.135. The number of hydrogen-bond donors (Lipinski definition) is 2. The molecule has 0 aromatic heterocycles. The Morgan fingerprint density at radius 3 is 2.39 bits per heavy atom. The summed E-state index contributed by atoms with van der Waals surface area (Å²) in [7, 11) is 0. The third kappa shape index (κ3) is 3.91. The molecule has 3 rings (SSSR count). The number of halogens is 2. The molecule has 2 atom stereocenters. The van der Waals surface area contributed by atoms with Gasteiger partial charge in [-0.2, -0.15) is 0 Å². The van der Waals surface area contributed by atoms with Gasteiger partial charge in [0, 0.05) is 4.47 Å². The molecule has 1 aliphatic heterocycles. The SMILES string of the molecule is CC(NC(=O)CN1C(=O)NC(C)(c2ccc(F)cc2)C1=O)c1ccc(Br)cc1. The predicted molar refractivity (Wildman–Crippen MR) is 105 cm³/mol. The lowest BCUT2D eigenvalue weighted by Gasteiger charge is -2.22. The average molecular weight is 448 g/mol. The summed E-state index contributed by atoms with van der Waals surface area (Å²) in [5.74, 6) is -1.46. The van der Waals surface area contributed by atoms with E-state index in [4.69, 9.17) is 0 Å². The molecule has 2 aromatic rings. The zero-order valence-corrected chi connectivity index (χ0v) is 16.9. The fraction of sp³-hybridized carbons (Fsp3) is 0.250. The Balaban J connectivity index is 1.69. The highest BCUT2D eigenvalue weighted by atomic mass is 79.9. The van der Waals surface area contributed by atoms with Crippen molar-refractivity contribution in [1.29, 1.82) is 0 Å². The van der Waals surface area contributed by atoms with Gasteiger partial charge < -0.3 is 10.6 Å². The Labute approximate surface area is 170 Å². The number of benzene rings is 2. The molecule has 1 saturated heterocycles. The van der Waals surface area contributed by atoms with Crippen molar-refractivity contribution in [2.45, 2.75) is 25.4 Å². The van der Waals surface area contributed by atoms with E-state index in [0.717, 1.165) is 14.9 Å². The van der Waals surface area contributed by atoms with E-state index < -0.39 is 35.7 Å². The molecule has 6 nitrogen and oxygen atoms in total. The molecule has 2 aromatic carbocycles. The second-order valence-corrected chi connectivity index (χ2v) is 7.71.